The van der Waals surface area contributed by atoms with E-state index in [-0.39, 0.29) is 17.4 Å². The van der Waals surface area contributed by atoms with Crippen molar-refractivity contribution < 1.29 is 15.0 Å². The minimum Gasteiger partial charge on any atom is -0.508 e. The van der Waals surface area contributed by atoms with Crippen molar-refractivity contribution in [2.75, 3.05) is 11.1 Å². The number of aromatic hydroxyl groups is 2. The van der Waals surface area contributed by atoms with Gasteiger partial charge < -0.3 is 21.3 Å². The van der Waals surface area contributed by atoms with E-state index in [9.17, 15) is 15.0 Å². The Kier molecular flexibility index (Phi) is 4.13. The molecule has 2 aromatic rings. The number of nitrogens with one attached hydrogen (secondary N) is 1. The number of carbonyl (C=O) groups is 1. The number of phenols is 2. The number of hydrogen-bond donors (Lipinski definition) is 4. The van der Waals surface area contributed by atoms with Gasteiger partial charge in [0.2, 0.25) is 5.91 Å². The molecule has 0 saturated carbocycles. The molecular weight excluding hydrogens is 268 g/mol. The zero-order valence-corrected chi connectivity index (χ0v) is 11.5. The molecule has 108 valence electrons. The number of nitrogen functional groups attached to an aromatic ring is 1. The second-order valence-electron chi connectivity index (χ2n) is 4.64. The van der Waals surface area contributed by atoms with E-state index in [1.165, 1.54) is 24.3 Å². The summed E-state index contributed by atoms with van der Waals surface area (Å²) in [5, 5.41) is 21.8. The van der Waals surface area contributed by atoms with Gasteiger partial charge in [0, 0.05) is 29.1 Å². The molecule has 0 radical (unpaired) electrons. The molecule has 0 bridgehead atoms. The maximum atomic E-state index is 11.8. The van der Waals surface area contributed by atoms with E-state index in [0.29, 0.717) is 16.9 Å². The summed E-state index contributed by atoms with van der Waals surface area (Å²) >= 11 is 0. The van der Waals surface area contributed by atoms with Crippen LogP contribution >= 0.6 is 0 Å². The number of carbonyl (C=O) groups excluding carboxylic acids is 1. The number of hydrogen-bond acceptors (Lipinski definition) is 4. The molecule has 5 nitrogen and oxygen atoms in total. The van der Waals surface area contributed by atoms with Crippen LogP contribution in [0.2, 0.25) is 0 Å². The molecule has 0 aliphatic carbocycles. The highest BCUT2D eigenvalue weighted by atomic mass is 16.3. The molecule has 0 fully saturated rings. The summed E-state index contributed by atoms with van der Waals surface area (Å²) < 4.78 is 0. The summed E-state index contributed by atoms with van der Waals surface area (Å²) in [7, 11) is 0. The third-order valence-corrected chi connectivity index (χ3v) is 2.94. The topological polar surface area (TPSA) is 95.6 Å². The molecule has 0 aliphatic rings. The van der Waals surface area contributed by atoms with Gasteiger partial charge >= 0.3 is 0 Å². The first kappa shape index (κ1) is 14.5. The van der Waals surface area contributed by atoms with Crippen molar-refractivity contribution in [2.24, 2.45) is 0 Å². The van der Waals surface area contributed by atoms with Crippen LogP contribution in [0, 0.1) is 6.92 Å². The third-order valence-electron chi connectivity index (χ3n) is 2.94. The van der Waals surface area contributed by atoms with E-state index < -0.39 is 0 Å². The molecule has 2 rings (SSSR count). The van der Waals surface area contributed by atoms with Crippen LogP contribution in [0.25, 0.3) is 6.08 Å². The van der Waals surface area contributed by atoms with Crippen molar-refractivity contribution in [1.82, 2.24) is 0 Å². The first-order valence-corrected chi connectivity index (χ1v) is 6.33. The summed E-state index contributed by atoms with van der Waals surface area (Å²) in [6.45, 7) is 1.77. The Balaban J connectivity index is 2.09. The summed E-state index contributed by atoms with van der Waals surface area (Å²) in [6, 6.07) is 9.47. The van der Waals surface area contributed by atoms with Gasteiger partial charge in [0.05, 0.1) is 0 Å². The molecule has 5 heteroatoms. The van der Waals surface area contributed by atoms with Gasteiger partial charge in [-0.15, -0.1) is 0 Å². The number of nitrogens with two attached hydrogens (primary N) is 1. The van der Waals surface area contributed by atoms with Crippen LogP contribution in [0.15, 0.2) is 42.5 Å². The summed E-state index contributed by atoms with van der Waals surface area (Å²) in [5.74, 6) is -0.216. The van der Waals surface area contributed by atoms with Crippen LogP contribution in [-0.2, 0) is 4.79 Å². The van der Waals surface area contributed by atoms with E-state index in [0.717, 1.165) is 5.56 Å². The van der Waals surface area contributed by atoms with Gasteiger partial charge in [0.25, 0.3) is 0 Å². The summed E-state index contributed by atoms with van der Waals surface area (Å²) in [6.07, 6.45) is 2.75. The highest BCUT2D eigenvalue weighted by molar-refractivity contribution is 6.02. The maximum Gasteiger partial charge on any atom is 0.248 e. The van der Waals surface area contributed by atoms with Crippen LogP contribution in [-0.4, -0.2) is 16.1 Å². The molecule has 0 atom stereocenters. The van der Waals surface area contributed by atoms with Crippen LogP contribution in [0.4, 0.5) is 11.4 Å². The number of anilines is 2. The standard InChI is InChI=1S/C16H16N2O3/c1-10-2-5-13(9-15(10)20)18-16(21)7-3-11-8-12(17)4-6-14(11)19/h2-9,19-20H,17H2,1H3,(H,18,21). The Hall–Kier alpha value is -2.95. The molecule has 0 spiro atoms. The Morgan fingerprint density at radius 3 is 2.62 bits per heavy atom. The van der Waals surface area contributed by atoms with E-state index in [1.54, 1.807) is 31.2 Å². The summed E-state index contributed by atoms with van der Waals surface area (Å²) in [5.41, 5.74) is 7.79. The van der Waals surface area contributed by atoms with E-state index in [1.807, 2.05) is 0 Å². The smallest absolute Gasteiger partial charge is 0.248 e. The normalized spacial score (nSPS) is 10.7. The van der Waals surface area contributed by atoms with Crippen LogP contribution in [0.3, 0.4) is 0 Å². The van der Waals surface area contributed by atoms with Crippen molar-refractivity contribution in [3.63, 3.8) is 0 Å². The lowest BCUT2D eigenvalue weighted by molar-refractivity contribution is -0.111. The molecule has 0 aliphatic heterocycles. The van der Waals surface area contributed by atoms with Crippen molar-refractivity contribution in [2.45, 2.75) is 6.92 Å². The molecule has 1 amide bonds. The summed E-state index contributed by atoms with van der Waals surface area (Å²) in [4.78, 5) is 11.8. The second-order valence-corrected chi connectivity index (χ2v) is 4.64. The predicted octanol–water partition coefficient (Wildman–Crippen LogP) is 2.64. The number of phenolic OH excluding ortho intramolecular Hbond substituents is 2. The number of rotatable bonds is 3. The molecule has 0 aromatic heterocycles. The minimum atomic E-state index is -0.375. The number of benzene rings is 2. The lowest BCUT2D eigenvalue weighted by atomic mass is 10.1. The largest absolute Gasteiger partial charge is 0.508 e. The van der Waals surface area contributed by atoms with Crippen molar-refractivity contribution in [3.8, 4) is 11.5 Å². The van der Waals surface area contributed by atoms with Crippen LogP contribution < -0.4 is 11.1 Å². The van der Waals surface area contributed by atoms with Crippen molar-refractivity contribution in [3.05, 3.63) is 53.6 Å². The van der Waals surface area contributed by atoms with Gasteiger partial charge in [-0.3, -0.25) is 4.79 Å². The van der Waals surface area contributed by atoms with Crippen molar-refractivity contribution in [1.29, 1.82) is 0 Å². The third kappa shape index (κ3) is 3.76. The first-order chi connectivity index (χ1) is 9.95. The van der Waals surface area contributed by atoms with Gasteiger partial charge in [0.1, 0.15) is 11.5 Å². The highest BCUT2D eigenvalue weighted by Crippen LogP contribution is 2.22. The molecule has 2 aromatic carbocycles. The van der Waals surface area contributed by atoms with Gasteiger partial charge in [-0.1, -0.05) is 6.07 Å². The quantitative estimate of drug-likeness (QED) is 0.396. The number of amides is 1. The fourth-order valence-corrected chi connectivity index (χ4v) is 1.74. The van der Waals surface area contributed by atoms with Gasteiger partial charge in [-0.05, 0) is 42.8 Å². The first-order valence-electron chi connectivity index (χ1n) is 6.33. The molecule has 5 N–H and O–H groups in total. The molecule has 0 unspecified atom stereocenters. The second kappa shape index (κ2) is 6.00. The average Bonchev–Trinajstić information content (AvgIpc) is 2.44. The van der Waals surface area contributed by atoms with Gasteiger partial charge in [0.15, 0.2) is 0 Å². The van der Waals surface area contributed by atoms with Gasteiger partial charge in [-0.25, -0.2) is 0 Å². The number of aryl methyl sites for hydroxylation is 1. The predicted molar refractivity (Wildman–Crippen MR) is 83.0 cm³/mol. The molecular formula is C16H16N2O3. The van der Waals surface area contributed by atoms with Crippen LogP contribution in [0.1, 0.15) is 11.1 Å². The zero-order chi connectivity index (χ0) is 15.4. The van der Waals surface area contributed by atoms with Crippen molar-refractivity contribution >= 4 is 23.4 Å². The van der Waals surface area contributed by atoms with E-state index in [4.69, 9.17) is 5.73 Å². The van der Waals surface area contributed by atoms with E-state index >= 15 is 0 Å². The highest BCUT2D eigenvalue weighted by Gasteiger charge is 2.02. The Morgan fingerprint density at radius 1 is 1.14 bits per heavy atom. The molecule has 0 heterocycles. The van der Waals surface area contributed by atoms with Gasteiger partial charge in [-0.2, -0.15) is 0 Å². The lowest BCUT2D eigenvalue weighted by Gasteiger charge is -2.05. The molecule has 0 saturated heterocycles. The Labute approximate surface area is 122 Å². The Morgan fingerprint density at radius 2 is 1.90 bits per heavy atom. The van der Waals surface area contributed by atoms with E-state index in [2.05, 4.69) is 5.32 Å². The SMILES string of the molecule is Cc1ccc(NC(=O)C=Cc2cc(N)ccc2O)cc1O. The fraction of sp³-hybridized carbons (Fsp3) is 0.0625. The van der Waals surface area contributed by atoms with Crippen LogP contribution in [0.5, 0.6) is 11.5 Å². The monoisotopic (exact) mass is 284 g/mol. The zero-order valence-electron chi connectivity index (χ0n) is 11.5. The minimum absolute atomic E-state index is 0.0428. The lowest BCUT2D eigenvalue weighted by Crippen LogP contribution is -2.07. The molecule has 21 heavy (non-hydrogen) atoms. The fourth-order valence-electron chi connectivity index (χ4n) is 1.74. The Bertz CT molecular complexity index is 709. The average molecular weight is 284 g/mol. The maximum absolute atomic E-state index is 11.8.